The fourth-order valence-corrected chi connectivity index (χ4v) is 1.96. The van der Waals surface area contributed by atoms with Crippen LogP contribution < -0.4 is 10.5 Å². The molecule has 0 saturated heterocycles. The summed E-state index contributed by atoms with van der Waals surface area (Å²) in [5, 5.41) is 9.31. The molecule has 3 nitrogen and oxygen atoms in total. The summed E-state index contributed by atoms with van der Waals surface area (Å²) < 4.78 is 5.71. The molecule has 19 heavy (non-hydrogen) atoms. The zero-order chi connectivity index (χ0) is 13.8. The van der Waals surface area contributed by atoms with Crippen molar-refractivity contribution in [3.05, 3.63) is 58.1 Å². The Morgan fingerprint density at radius 3 is 2.68 bits per heavy atom. The van der Waals surface area contributed by atoms with Gasteiger partial charge in [0.15, 0.2) is 0 Å². The van der Waals surface area contributed by atoms with Crippen molar-refractivity contribution in [1.82, 2.24) is 0 Å². The number of hydrogen-bond donors (Lipinski definition) is 1. The van der Waals surface area contributed by atoms with Crippen LogP contribution in [0.25, 0.3) is 0 Å². The van der Waals surface area contributed by atoms with Crippen LogP contribution in [0.4, 0.5) is 5.69 Å². The first-order valence-electron chi connectivity index (χ1n) is 5.77. The Morgan fingerprint density at radius 2 is 2.05 bits per heavy atom. The maximum atomic E-state index is 8.77. The first kappa shape index (κ1) is 13.3. The molecular weight excluding hydrogens is 260 g/mol. The van der Waals surface area contributed by atoms with Crippen LogP contribution in [0.3, 0.4) is 0 Å². The molecule has 0 unspecified atom stereocenters. The third-order valence-electron chi connectivity index (χ3n) is 2.76. The van der Waals surface area contributed by atoms with Crippen molar-refractivity contribution < 1.29 is 4.74 Å². The van der Waals surface area contributed by atoms with E-state index in [4.69, 9.17) is 27.3 Å². The normalized spacial score (nSPS) is 9.95. The van der Waals surface area contributed by atoms with Crippen molar-refractivity contribution in [2.45, 2.75) is 13.5 Å². The molecule has 2 aromatic rings. The fourth-order valence-electron chi connectivity index (χ4n) is 1.72. The average molecular weight is 273 g/mol. The molecule has 0 aliphatic carbocycles. The highest BCUT2D eigenvalue weighted by molar-refractivity contribution is 6.31. The lowest BCUT2D eigenvalue weighted by molar-refractivity contribution is 0.304. The Labute approximate surface area is 117 Å². The number of halogens is 1. The van der Waals surface area contributed by atoms with Crippen molar-refractivity contribution in [1.29, 1.82) is 5.26 Å². The summed E-state index contributed by atoms with van der Waals surface area (Å²) in [6.07, 6.45) is 0. The Hall–Kier alpha value is -2.18. The molecule has 0 aliphatic heterocycles. The van der Waals surface area contributed by atoms with Gasteiger partial charge < -0.3 is 10.5 Å². The van der Waals surface area contributed by atoms with E-state index in [1.807, 2.05) is 25.1 Å². The summed E-state index contributed by atoms with van der Waals surface area (Å²) in [5.74, 6) is 0.773. The molecule has 0 bridgehead atoms. The van der Waals surface area contributed by atoms with Gasteiger partial charge in [-0.25, -0.2) is 0 Å². The number of anilines is 1. The minimum absolute atomic E-state index is 0.356. The molecule has 0 heterocycles. The van der Waals surface area contributed by atoms with E-state index in [0.717, 1.165) is 16.9 Å². The van der Waals surface area contributed by atoms with Gasteiger partial charge in [-0.2, -0.15) is 5.26 Å². The van der Waals surface area contributed by atoms with Crippen molar-refractivity contribution in [3.8, 4) is 11.8 Å². The van der Waals surface area contributed by atoms with Crippen LogP contribution in [-0.4, -0.2) is 0 Å². The smallest absolute Gasteiger partial charge is 0.122 e. The highest BCUT2D eigenvalue weighted by atomic mass is 35.5. The van der Waals surface area contributed by atoms with Gasteiger partial charge in [-0.3, -0.25) is 0 Å². The van der Waals surface area contributed by atoms with E-state index in [1.54, 1.807) is 24.3 Å². The van der Waals surface area contributed by atoms with Crippen LogP contribution >= 0.6 is 11.6 Å². The quantitative estimate of drug-likeness (QED) is 0.867. The first-order valence-corrected chi connectivity index (χ1v) is 6.15. The molecule has 2 aromatic carbocycles. The number of benzene rings is 2. The predicted molar refractivity (Wildman–Crippen MR) is 76.1 cm³/mol. The van der Waals surface area contributed by atoms with E-state index in [9.17, 15) is 0 Å². The standard InChI is InChI=1S/C15H13ClN2O/c1-10-6-13(18)4-5-15(10)19-9-12-3-2-11(8-17)7-14(12)16/h2-7H,9,18H2,1H3. The zero-order valence-corrected chi connectivity index (χ0v) is 11.2. The second kappa shape index (κ2) is 5.64. The van der Waals surface area contributed by atoms with Gasteiger partial charge in [0.2, 0.25) is 0 Å². The molecule has 4 heteroatoms. The Bertz CT molecular complexity index is 647. The monoisotopic (exact) mass is 272 g/mol. The molecule has 2 rings (SSSR count). The fraction of sp³-hybridized carbons (Fsp3) is 0.133. The van der Waals surface area contributed by atoms with Gasteiger partial charge in [-0.15, -0.1) is 0 Å². The van der Waals surface area contributed by atoms with Crippen LogP contribution in [0.2, 0.25) is 5.02 Å². The van der Waals surface area contributed by atoms with Crippen molar-refractivity contribution >= 4 is 17.3 Å². The van der Waals surface area contributed by atoms with Crippen LogP contribution in [0.1, 0.15) is 16.7 Å². The van der Waals surface area contributed by atoms with Crippen LogP contribution in [0.15, 0.2) is 36.4 Å². The molecule has 0 amide bonds. The number of ether oxygens (including phenoxy) is 1. The maximum absolute atomic E-state index is 8.77. The topological polar surface area (TPSA) is 59.0 Å². The van der Waals surface area contributed by atoms with E-state index < -0.39 is 0 Å². The van der Waals surface area contributed by atoms with Gasteiger partial charge in [0, 0.05) is 16.3 Å². The molecule has 0 spiro atoms. The van der Waals surface area contributed by atoms with E-state index in [-0.39, 0.29) is 0 Å². The summed E-state index contributed by atoms with van der Waals surface area (Å²) >= 11 is 6.09. The Morgan fingerprint density at radius 1 is 1.26 bits per heavy atom. The highest BCUT2D eigenvalue weighted by Crippen LogP contribution is 2.23. The van der Waals surface area contributed by atoms with Crippen molar-refractivity contribution in [2.75, 3.05) is 5.73 Å². The average Bonchev–Trinajstić information content (AvgIpc) is 2.39. The van der Waals surface area contributed by atoms with Gasteiger partial charge in [0.25, 0.3) is 0 Å². The maximum Gasteiger partial charge on any atom is 0.122 e. The van der Waals surface area contributed by atoms with E-state index in [2.05, 4.69) is 0 Å². The van der Waals surface area contributed by atoms with Crippen LogP contribution in [0, 0.1) is 18.3 Å². The third-order valence-corrected chi connectivity index (χ3v) is 3.12. The number of nitriles is 1. The molecule has 0 aromatic heterocycles. The lowest BCUT2D eigenvalue weighted by Gasteiger charge is -2.10. The van der Waals surface area contributed by atoms with E-state index >= 15 is 0 Å². The Balaban J connectivity index is 2.13. The molecule has 2 N–H and O–H groups in total. The molecule has 0 atom stereocenters. The van der Waals surface area contributed by atoms with Gasteiger partial charge in [-0.1, -0.05) is 17.7 Å². The number of nitrogen functional groups attached to an aromatic ring is 1. The summed E-state index contributed by atoms with van der Waals surface area (Å²) in [7, 11) is 0. The van der Waals surface area contributed by atoms with E-state index in [0.29, 0.717) is 22.9 Å². The van der Waals surface area contributed by atoms with Crippen molar-refractivity contribution in [3.63, 3.8) is 0 Å². The molecule has 0 radical (unpaired) electrons. The second-order valence-corrected chi connectivity index (χ2v) is 4.64. The van der Waals surface area contributed by atoms with Crippen LogP contribution in [0.5, 0.6) is 5.75 Å². The van der Waals surface area contributed by atoms with Crippen molar-refractivity contribution in [2.24, 2.45) is 0 Å². The number of nitrogens with zero attached hydrogens (tertiary/aromatic N) is 1. The highest BCUT2D eigenvalue weighted by Gasteiger charge is 2.05. The number of nitrogens with two attached hydrogens (primary N) is 1. The molecular formula is C15H13ClN2O. The molecule has 0 fully saturated rings. The largest absolute Gasteiger partial charge is 0.489 e. The minimum atomic E-state index is 0.356. The number of aryl methyl sites for hydroxylation is 1. The lowest BCUT2D eigenvalue weighted by Crippen LogP contribution is -1.98. The summed E-state index contributed by atoms with van der Waals surface area (Å²) in [4.78, 5) is 0. The summed E-state index contributed by atoms with van der Waals surface area (Å²) in [5.41, 5.74) is 8.75. The second-order valence-electron chi connectivity index (χ2n) is 4.23. The first-order chi connectivity index (χ1) is 9.10. The summed E-state index contributed by atoms with van der Waals surface area (Å²) in [6, 6.07) is 12.7. The Kier molecular flexibility index (Phi) is 3.94. The minimum Gasteiger partial charge on any atom is -0.489 e. The molecule has 0 saturated carbocycles. The predicted octanol–water partition coefficient (Wildman–Crippen LogP) is 3.68. The number of rotatable bonds is 3. The molecule has 0 aliphatic rings. The van der Waals surface area contributed by atoms with Gasteiger partial charge in [0.1, 0.15) is 12.4 Å². The van der Waals surface area contributed by atoms with E-state index in [1.165, 1.54) is 0 Å². The number of hydrogen-bond acceptors (Lipinski definition) is 3. The third kappa shape index (κ3) is 3.18. The van der Waals surface area contributed by atoms with Crippen LogP contribution in [-0.2, 0) is 6.61 Å². The van der Waals surface area contributed by atoms with Gasteiger partial charge >= 0.3 is 0 Å². The van der Waals surface area contributed by atoms with Gasteiger partial charge in [0.05, 0.1) is 11.6 Å². The zero-order valence-electron chi connectivity index (χ0n) is 10.5. The lowest BCUT2D eigenvalue weighted by atomic mass is 10.1. The molecule has 96 valence electrons. The summed E-state index contributed by atoms with van der Waals surface area (Å²) in [6.45, 7) is 2.29. The SMILES string of the molecule is Cc1cc(N)ccc1OCc1ccc(C#N)cc1Cl. The van der Waals surface area contributed by atoms with Gasteiger partial charge in [-0.05, 0) is 42.8 Å².